The van der Waals surface area contributed by atoms with Crippen LogP contribution in [0.4, 0.5) is 10.1 Å². The zero-order chi connectivity index (χ0) is 17.1. The van der Waals surface area contributed by atoms with Gasteiger partial charge in [0.1, 0.15) is 11.6 Å². The number of aryl methyl sites for hydroxylation is 1. The van der Waals surface area contributed by atoms with Gasteiger partial charge in [0, 0.05) is 11.3 Å². The molecule has 0 aliphatic carbocycles. The first-order chi connectivity index (χ1) is 11.6. The third kappa shape index (κ3) is 3.12. The van der Waals surface area contributed by atoms with Gasteiger partial charge in [-0.3, -0.25) is 4.79 Å². The zero-order valence-corrected chi connectivity index (χ0v) is 13.2. The standard InChI is InChI=1S/C18H15FN2O3/c1-11-9-13(19)5-8-15(11)21-18(22)16-17(24-10-20-16)12-3-6-14(23-2)7-4-12/h3-10H,1-2H3,(H,21,22). The number of nitrogens with zero attached hydrogens (tertiary/aromatic N) is 1. The molecule has 0 bridgehead atoms. The van der Waals surface area contributed by atoms with E-state index < -0.39 is 5.91 Å². The van der Waals surface area contributed by atoms with Crippen LogP contribution in [-0.2, 0) is 0 Å². The number of methoxy groups -OCH3 is 1. The minimum Gasteiger partial charge on any atom is -0.497 e. The fourth-order valence-corrected chi connectivity index (χ4v) is 2.30. The quantitative estimate of drug-likeness (QED) is 0.785. The number of hydrogen-bond donors (Lipinski definition) is 1. The van der Waals surface area contributed by atoms with Gasteiger partial charge in [0.05, 0.1) is 7.11 Å². The summed E-state index contributed by atoms with van der Waals surface area (Å²) in [4.78, 5) is 16.5. The number of oxazole rings is 1. The number of ether oxygens (including phenoxy) is 1. The summed E-state index contributed by atoms with van der Waals surface area (Å²) in [7, 11) is 1.58. The second-order valence-corrected chi connectivity index (χ2v) is 5.17. The maximum absolute atomic E-state index is 13.2. The molecule has 0 saturated heterocycles. The van der Waals surface area contributed by atoms with Crippen LogP contribution in [0.1, 0.15) is 16.1 Å². The molecule has 0 saturated carbocycles. The van der Waals surface area contributed by atoms with Crippen molar-refractivity contribution < 1.29 is 18.3 Å². The molecule has 3 rings (SSSR count). The number of aromatic nitrogens is 1. The molecule has 0 unspecified atom stereocenters. The maximum Gasteiger partial charge on any atom is 0.278 e. The van der Waals surface area contributed by atoms with Gasteiger partial charge in [-0.25, -0.2) is 9.37 Å². The highest BCUT2D eigenvalue weighted by atomic mass is 19.1. The summed E-state index contributed by atoms with van der Waals surface area (Å²) in [6.07, 6.45) is 1.21. The fourth-order valence-electron chi connectivity index (χ4n) is 2.30. The number of benzene rings is 2. The first-order valence-electron chi connectivity index (χ1n) is 7.24. The maximum atomic E-state index is 13.2. The van der Waals surface area contributed by atoms with E-state index in [1.165, 1.54) is 24.6 Å². The van der Waals surface area contributed by atoms with E-state index in [1.807, 2.05) is 0 Å². The zero-order valence-electron chi connectivity index (χ0n) is 13.2. The van der Waals surface area contributed by atoms with Gasteiger partial charge in [0.2, 0.25) is 0 Å². The average Bonchev–Trinajstić information content (AvgIpc) is 3.07. The monoisotopic (exact) mass is 326 g/mol. The fraction of sp³-hybridized carbons (Fsp3) is 0.111. The third-order valence-electron chi connectivity index (χ3n) is 3.57. The molecule has 2 aromatic carbocycles. The van der Waals surface area contributed by atoms with E-state index in [2.05, 4.69) is 10.3 Å². The van der Waals surface area contributed by atoms with Gasteiger partial charge < -0.3 is 14.5 Å². The van der Waals surface area contributed by atoms with Gasteiger partial charge >= 0.3 is 0 Å². The molecule has 6 heteroatoms. The molecule has 0 spiro atoms. The lowest BCUT2D eigenvalue weighted by molar-refractivity contribution is 0.102. The Kier molecular flexibility index (Phi) is 4.29. The van der Waals surface area contributed by atoms with E-state index in [-0.39, 0.29) is 11.5 Å². The van der Waals surface area contributed by atoms with Crippen molar-refractivity contribution in [1.82, 2.24) is 4.98 Å². The Balaban J connectivity index is 1.87. The Hall–Kier alpha value is -3.15. The van der Waals surface area contributed by atoms with Gasteiger partial charge in [0.25, 0.3) is 5.91 Å². The molecule has 0 fully saturated rings. The van der Waals surface area contributed by atoms with Crippen molar-refractivity contribution in [3.63, 3.8) is 0 Å². The lowest BCUT2D eigenvalue weighted by Gasteiger charge is -2.08. The summed E-state index contributed by atoms with van der Waals surface area (Å²) in [5, 5.41) is 2.72. The van der Waals surface area contributed by atoms with E-state index in [1.54, 1.807) is 38.3 Å². The number of carbonyl (C=O) groups excluding carboxylic acids is 1. The highest BCUT2D eigenvalue weighted by molar-refractivity contribution is 6.06. The summed E-state index contributed by atoms with van der Waals surface area (Å²) in [6.45, 7) is 1.71. The topological polar surface area (TPSA) is 64.4 Å². The molecular weight excluding hydrogens is 311 g/mol. The Morgan fingerprint density at radius 2 is 1.96 bits per heavy atom. The van der Waals surface area contributed by atoms with Crippen LogP contribution in [0.3, 0.4) is 0 Å². The molecule has 1 aromatic heterocycles. The van der Waals surface area contributed by atoms with Gasteiger partial charge in [-0.2, -0.15) is 0 Å². The van der Waals surface area contributed by atoms with E-state index in [0.717, 1.165) is 0 Å². The van der Waals surface area contributed by atoms with Crippen LogP contribution >= 0.6 is 0 Å². The number of carbonyl (C=O) groups is 1. The number of anilines is 1. The second kappa shape index (κ2) is 6.54. The molecule has 0 atom stereocenters. The van der Waals surface area contributed by atoms with Crippen LogP contribution in [0.15, 0.2) is 53.3 Å². The molecule has 0 radical (unpaired) electrons. The van der Waals surface area contributed by atoms with E-state index >= 15 is 0 Å². The summed E-state index contributed by atoms with van der Waals surface area (Å²) in [5.74, 6) is 0.274. The molecule has 122 valence electrons. The molecule has 1 amide bonds. The van der Waals surface area contributed by atoms with Gasteiger partial charge in [-0.15, -0.1) is 0 Å². The number of halogens is 1. The van der Waals surface area contributed by atoms with Gasteiger partial charge in [-0.05, 0) is 55.0 Å². The largest absolute Gasteiger partial charge is 0.497 e. The van der Waals surface area contributed by atoms with E-state index in [0.29, 0.717) is 28.3 Å². The van der Waals surface area contributed by atoms with Crippen molar-refractivity contribution in [3.05, 3.63) is 65.9 Å². The first-order valence-corrected chi connectivity index (χ1v) is 7.24. The highest BCUT2D eigenvalue weighted by Gasteiger charge is 2.19. The Labute approximate surface area is 138 Å². The van der Waals surface area contributed by atoms with Gasteiger partial charge in [0.15, 0.2) is 17.8 Å². The summed E-state index contributed by atoms with van der Waals surface area (Å²) < 4.78 is 23.6. The van der Waals surface area contributed by atoms with Crippen LogP contribution < -0.4 is 10.1 Å². The van der Waals surface area contributed by atoms with Crippen molar-refractivity contribution in [2.24, 2.45) is 0 Å². The summed E-state index contributed by atoms with van der Waals surface area (Å²) in [5.41, 5.74) is 2.00. The molecule has 3 aromatic rings. The Morgan fingerprint density at radius 3 is 2.62 bits per heavy atom. The van der Waals surface area contributed by atoms with Crippen LogP contribution in [0.5, 0.6) is 5.75 Å². The molecular formula is C18H15FN2O3. The van der Waals surface area contributed by atoms with E-state index in [4.69, 9.17) is 9.15 Å². The van der Waals surface area contributed by atoms with Gasteiger partial charge in [-0.1, -0.05) is 0 Å². The highest BCUT2D eigenvalue weighted by Crippen LogP contribution is 2.26. The van der Waals surface area contributed by atoms with Crippen molar-refractivity contribution >= 4 is 11.6 Å². The second-order valence-electron chi connectivity index (χ2n) is 5.17. The minimum absolute atomic E-state index is 0.156. The lowest BCUT2D eigenvalue weighted by atomic mass is 10.1. The number of amides is 1. The van der Waals surface area contributed by atoms with Crippen molar-refractivity contribution in [2.75, 3.05) is 12.4 Å². The smallest absolute Gasteiger partial charge is 0.278 e. The number of nitrogens with one attached hydrogen (secondary N) is 1. The van der Waals surface area contributed by atoms with Crippen molar-refractivity contribution in [1.29, 1.82) is 0 Å². The SMILES string of the molecule is COc1ccc(-c2ocnc2C(=O)Nc2ccc(F)cc2C)cc1. The Bertz CT molecular complexity index is 872. The summed E-state index contributed by atoms with van der Waals surface area (Å²) >= 11 is 0. The van der Waals surface area contributed by atoms with Crippen molar-refractivity contribution in [2.45, 2.75) is 6.92 Å². The minimum atomic E-state index is -0.427. The summed E-state index contributed by atoms with van der Waals surface area (Å²) in [6, 6.07) is 11.2. The third-order valence-corrected chi connectivity index (χ3v) is 3.57. The number of hydrogen-bond acceptors (Lipinski definition) is 4. The molecule has 1 heterocycles. The Morgan fingerprint density at radius 1 is 1.21 bits per heavy atom. The van der Waals surface area contributed by atoms with Crippen molar-refractivity contribution in [3.8, 4) is 17.1 Å². The average molecular weight is 326 g/mol. The predicted molar refractivity (Wildman–Crippen MR) is 87.6 cm³/mol. The van der Waals surface area contributed by atoms with Crippen LogP contribution in [0.25, 0.3) is 11.3 Å². The molecule has 1 N–H and O–H groups in total. The molecule has 24 heavy (non-hydrogen) atoms. The molecule has 5 nitrogen and oxygen atoms in total. The van der Waals surface area contributed by atoms with E-state index in [9.17, 15) is 9.18 Å². The predicted octanol–water partition coefficient (Wildman–Crippen LogP) is 4.05. The van der Waals surface area contributed by atoms with Crippen LogP contribution in [-0.4, -0.2) is 18.0 Å². The normalized spacial score (nSPS) is 10.5. The molecule has 0 aliphatic heterocycles. The van der Waals surface area contributed by atoms with Crippen LogP contribution in [0, 0.1) is 12.7 Å². The molecule has 0 aliphatic rings. The van der Waals surface area contributed by atoms with Crippen LogP contribution in [0.2, 0.25) is 0 Å². The lowest BCUT2D eigenvalue weighted by Crippen LogP contribution is -2.14. The first kappa shape index (κ1) is 15.7. The number of rotatable bonds is 4.